The summed E-state index contributed by atoms with van der Waals surface area (Å²) in [4.78, 5) is 37.2. The van der Waals surface area contributed by atoms with Crippen molar-refractivity contribution in [1.29, 1.82) is 0 Å². The van der Waals surface area contributed by atoms with Crippen molar-refractivity contribution in [3.63, 3.8) is 0 Å². The summed E-state index contributed by atoms with van der Waals surface area (Å²) in [6, 6.07) is 17.8. The quantitative estimate of drug-likeness (QED) is 0.587. The van der Waals surface area contributed by atoms with Crippen LogP contribution in [-0.2, 0) is 22.6 Å². The van der Waals surface area contributed by atoms with Gasteiger partial charge in [-0.2, -0.15) is 13.2 Å². The van der Waals surface area contributed by atoms with Gasteiger partial charge in [0.05, 0.1) is 11.4 Å². The Morgan fingerprint density at radius 2 is 1.53 bits per heavy atom. The van der Waals surface area contributed by atoms with E-state index in [2.05, 4.69) is 5.32 Å². The van der Waals surface area contributed by atoms with Crippen molar-refractivity contribution in [2.45, 2.75) is 25.2 Å². The SMILES string of the molecule is Nc1ccc(-c2ccccc2)n(CC(=O)NC(Cc2ccccc2)C(=O)C(F)(F)F)c1=O. The van der Waals surface area contributed by atoms with Gasteiger partial charge in [-0.1, -0.05) is 60.7 Å². The number of amides is 1. The minimum atomic E-state index is -5.13. The highest BCUT2D eigenvalue weighted by atomic mass is 19.4. The third-order valence-corrected chi connectivity index (χ3v) is 4.79. The normalized spacial score (nSPS) is 12.2. The molecule has 1 heterocycles. The lowest BCUT2D eigenvalue weighted by Gasteiger charge is -2.20. The van der Waals surface area contributed by atoms with Crippen LogP contribution < -0.4 is 16.6 Å². The monoisotopic (exact) mass is 443 g/mol. The Hall–Kier alpha value is -3.88. The summed E-state index contributed by atoms with van der Waals surface area (Å²) in [6.07, 6.45) is -5.47. The van der Waals surface area contributed by atoms with E-state index in [9.17, 15) is 27.6 Å². The second-order valence-corrected chi connectivity index (χ2v) is 7.10. The summed E-state index contributed by atoms with van der Waals surface area (Å²) >= 11 is 0. The molecule has 3 N–H and O–H groups in total. The molecule has 0 aliphatic heterocycles. The number of nitrogens with one attached hydrogen (secondary N) is 1. The number of hydrogen-bond donors (Lipinski definition) is 2. The Morgan fingerprint density at radius 1 is 0.938 bits per heavy atom. The number of carbonyl (C=O) groups is 2. The third kappa shape index (κ3) is 5.42. The molecule has 1 atom stereocenters. The number of anilines is 1. The second kappa shape index (κ2) is 9.51. The van der Waals surface area contributed by atoms with Crippen molar-refractivity contribution in [2.75, 3.05) is 5.73 Å². The van der Waals surface area contributed by atoms with Gasteiger partial charge in [0.25, 0.3) is 11.3 Å². The number of rotatable bonds is 7. The molecule has 0 saturated heterocycles. The summed E-state index contributed by atoms with van der Waals surface area (Å²) in [6.45, 7) is -0.607. The highest BCUT2D eigenvalue weighted by Gasteiger charge is 2.43. The molecule has 0 radical (unpaired) electrons. The Morgan fingerprint density at radius 3 is 2.12 bits per heavy atom. The molecular weight excluding hydrogens is 423 g/mol. The van der Waals surface area contributed by atoms with Gasteiger partial charge < -0.3 is 11.1 Å². The van der Waals surface area contributed by atoms with Gasteiger partial charge in [0, 0.05) is 6.42 Å². The Balaban J connectivity index is 1.89. The molecule has 0 fully saturated rings. The van der Waals surface area contributed by atoms with E-state index < -0.39 is 36.0 Å². The van der Waals surface area contributed by atoms with Gasteiger partial charge in [-0.25, -0.2) is 0 Å². The van der Waals surface area contributed by atoms with Gasteiger partial charge in [0.2, 0.25) is 5.91 Å². The molecule has 6 nitrogen and oxygen atoms in total. The number of nitrogens with two attached hydrogens (primary N) is 1. The molecule has 0 aliphatic rings. The second-order valence-electron chi connectivity index (χ2n) is 7.10. The molecule has 1 unspecified atom stereocenters. The number of Topliss-reactive ketones (excluding diaryl/α,β-unsaturated/α-hetero) is 1. The molecule has 3 aromatic rings. The summed E-state index contributed by atoms with van der Waals surface area (Å²) in [7, 11) is 0. The number of pyridine rings is 1. The van der Waals surface area contributed by atoms with E-state index in [-0.39, 0.29) is 12.1 Å². The molecule has 166 valence electrons. The van der Waals surface area contributed by atoms with Gasteiger partial charge in [-0.05, 0) is 23.3 Å². The summed E-state index contributed by atoms with van der Waals surface area (Å²) in [5.41, 5.74) is 6.32. The maximum absolute atomic E-state index is 13.1. The maximum Gasteiger partial charge on any atom is 0.452 e. The van der Waals surface area contributed by atoms with Crippen molar-refractivity contribution in [3.8, 4) is 11.3 Å². The molecule has 0 saturated carbocycles. The molecule has 32 heavy (non-hydrogen) atoms. The van der Waals surface area contributed by atoms with Crippen LogP contribution in [0, 0.1) is 0 Å². The van der Waals surface area contributed by atoms with Crippen LogP contribution in [0.3, 0.4) is 0 Å². The van der Waals surface area contributed by atoms with Crippen LogP contribution in [0.2, 0.25) is 0 Å². The van der Waals surface area contributed by atoms with E-state index in [1.807, 2.05) is 0 Å². The third-order valence-electron chi connectivity index (χ3n) is 4.79. The number of alkyl halides is 3. The van der Waals surface area contributed by atoms with E-state index in [0.29, 0.717) is 16.8 Å². The predicted molar refractivity (Wildman–Crippen MR) is 114 cm³/mol. The van der Waals surface area contributed by atoms with Crippen LogP contribution in [0.5, 0.6) is 0 Å². The number of nitrogen functional groups attached to an aromatic ring is 1. The lowest BCUT2D eigenvalue weighted by atomic mass is 10.0. The molecular formula is C23H20F3N3O3. The number of carbonyl (C=O) groups excluding carboxylic acids is 2. The van der Waals surface area contributed by atoms with Gasteiger partial charge in [0.15, 0.2) is 0 Å². The Labute approximate surface area is 181 Å². The molecule has 1 aromatic heterocycles. The molecule has 2 aromatic carbocycles. The molecule has 3 rings (SSSR count). The molecule has 0 aliphatic carbocycles. The van der Waals surface area contributed by atoms with Crippen molar-refractivity contribution >= 4 is 17.4 Å². The van der Waals surface area contributed by atoms with E-state index in [4.69, 9.17) is 5.73 Å². The van der Waals surface area contributed by atoms with Crippen LogP contribution in [-0.4, -0.2) is 28.5 Å². The summed E-state index contributed by atoms with van der Waals surface area (Å²) in [5, 5.41) is 2.14. The number of halogens is 3. The summed E-state index contributed by atoms with van der Waals surface area (Å²) in [5.74, 6) is -2.99. The molecule has 9 heteroatoms. The van der Waals surface area contributed by atoms with E-state index in [0.717, 1.165) is 4.57 Å². The van der Waals surface area contributed by atoms with Crippen LogP contribution in [0.15, 0.2) is 77.6 Å². The zero-order valence-electron chi connectivity index (χ0n) is 16.8. The van der Waals surface area contributed by atoms with Crippen LogP contribution in [0.25, 0.3) is 11.3 Å². The molecule has 1 amide bonds. The van der Waals surface area contributed by atoms with Crippen molar-refractivity contribution in [3.05, 3.63) is 88.7 Å². The fourth-order valence-corrected chi connectivity index (χ4v) is 3.25. The number of ketones is 1. The topological polar surface area (TPSA) is 94.2 Å². The first-order valence-corrected chi connectivity index (χ1v) is 9.66. The zero-order valence-corrected chi connectivity index (χ0v) is 16.8. The highest BCUT2D eigenvalue weighted by Crippen LogP contribution is 2.21. The van der Waals surface area contributed by atoms with Crippen molar-refractivity contribution in [2.24, 2.45) is 0 Å². The largest absolute Gasteiger partial charge is 0.452 e. The van der Waals surface area contributed by atoms with E-state index in [1.54, 1.807) is 66.7 Å². The fraction of sp³-hybridized carbons (Fsp3) is 0.174. The van der Waals surface area contributed by atoms with Crippen molar-refractivity contribution in [1.82, 2.24) is 9.88 Å². The average molecular weight is 443 g/mol. The lowest BCUT2D eigenvalue weighted by molar-refractivity contribution is -0.173. The number of aromatic nitrogens is 1. The average Bonchev–Trinajstić information content (AvgIpc) is 2.77. The Kier molecular flexibility index (Phi) is 6.77. The number of hydrogen-bond acceptors (Lipinski definition) is 4. The van der Waals surface area contributed by atoms with Gasteiger partial charge in [-0.3, -0.25) is 19.0 Å². The van der Waals surface area contributed by atoms with Crippen LogP contribution in [0.4, 0.5) is 18.9 Å². The van der Waals surface area contributed by atoms with E-state index in [1.165, 1.54) is 6.07 Å². The number of nitrogens with zero attached hydrogens (tertiary/aromatic N) is 1. The maximum atomic E-state index is 13.1. The van der Waals surface area contributed by atoms with Gasteiger partial charge in [-0.15, -0.1) is 0 Å². The number of benzene rings is 2. The zero-order chi connectivity index (χ0) is 23.3. The van der Waals surface area contributed by atoms with Crippen LogP contribution >= 0.6 is 0 Å². The van der Waals surface area contributed by atoms with E-state index >= 15 is 0 Å². The van der Waals surface area contributed by atoms with Gasteiger partial charge in [0.1, 0.15) is 12.6 Å². The van der Waals surface area contributed by atoms with Gasteiger partial charge >= 0.3 is 6.18 Å². The summed E-state index contributed by atoms with van der Waals surface area (Å²) < 4.78 is 40.4. The minimum Gasteiger partial charge on any atom is -0.394 e. The predicted octanol–water partition coefficient (Wildman–Crippen LogP) is 2.96. The minimum absolute atomic E-state index is 0.121. The fourth-order valence-electron chi connectivity index (χ4n) is 3.25. The standard InChI is InChI=1S/C23H20F3N3O3/c24-23(25,26)21(31)18(13-15-7-3-1-4-8-15)28-20(30)14-29-19(12-11-17(27)22(29)32)16-9-5-2-6-10-16/h1-12,18H,13-14,27H2,(H,28,30). The lowest BCUT2D eigenvalue weighted by Crippen LogP contribution is -2.49. The first-order chi connectivity index (χ1) is 15.2. The molecule has 0 bridgehead atoms. The first kappa shape index (κ1) is 22.8. The Bertz CT molecular complexity index is 1160. The molecule has 0 spiro atoms. The highest BCUT2D eigenvalue weighted by molar-refractivity contribution is 5.93. The van der Waals surface area contributed by atoms with Crippen LogP contribution in [0.1, 0.15) is 5.56 Å². The van der Waals surface area contributed by atoms with Crippen molar-refractivity contribution < 1.29 is 22.8 Å². The smallest absolute Gasteiger partial charge is 0.394 e. The first-order valence-electron chi connectivity index (χ1n) is 9.66.